The highest BCUT2D eigenvalue weighted by molar-refractivity contribution is 6.31. The summed E-state index contributed by atoms with van der Waals surface area (Å²) in [7, 11) is 1.62. The van der Waals surface area contributed by atoms with Crippen LogP contribution in [0.4, 0.5) is 4.39 Å². The summed E-state index contributed by atoms with van der Waals surface area (Å²) in [6.07, 6.45) is 1.78. The molecule has 3 aromatic rings. The van der Waals surface area contributed by atoms with Gasteiger partial charge < -0.3 is 14.0 Å². The Morgan fingerprint density at radius 3 is 2.63 bits per heavy atom. The van der Waals surface area contributed by atoms with Gasteiger partial charge in [-0.3, -0.25) is 9.69 Å². The molecule has 0 fully saturated rings. The maximum atomic E-state index is 13.3. The molecule has 0 aliphatic carbocycles. The number of fused-ring (bicyclic) bond motifs is 1. The fraction of sp³-hybridized carbons (Fsp3) is 0.261. The molecule has 0 saturated carbocycles. The van der Waals surface area contributed by atoms with Crippen molar-refractivity contribution < 1.29 is 13.9 Å². The minimum atomic E-state index is -0.346. The molecule has 2 heterocycles. The molecule has 0 radical (unpaired) electrons. The Morgan fingerprint density at radius 1 is 1.10 bits per heavy atom. The van der Waals surface area contributed by atoms with Crippen LogP contribution in [0.25, 0.3) is 0 Å². The van der Waals surface area contributed by atoms with Gasteiger partial charge in [-0.2, -0.15) is 0 Å². The Kier molecular flexibility index (Phi) is 6.06. The molecule has 1 aliphatic rings. The Hall–Kier alpha value is -2.83. The number of ether oxygens (including phenoxy) is 2. The maximum Gasteiger partial charge on any atom is 0.223 e. The van der Waals surface area contributed by atoms with Crippen LogP contribution in [-0.2, 0) is 26.2 Å². The fourth-order valence-electron chi connectivity index (χ4n) is 3.51. The predicted octanol–water partition coefficient (Wildman–Crippen LogP) is 4.24. The second kappa shape index (κ2) is 8.90. The quantitative estimate of drug-likeness (QED) is 0.589. The molecule has 0 spiro atoms. The molecule has 5 nitrogen and oxygen atoms in total. The minimum Gasteiger partial charge on any atom is -0.497 e. The number of hydrogen-bond acceptors (Lipinski definition) is 4. The summed E-state index contributed by atoms with van der Waals surface area (Å²) in [5.41, 5.74) is 2.60. The highest BCUT2D eigenvalue weighted by Crippen LogP contribution is 2.22. The molecular weight excluding hydrogens is 407 g/mol. The Morgan fingerprint density at radius 2 is 1.90 bits per heavy atom. The molecule has 2 aromatic carbocycles. The van der Waals surface area contributed by atoms with Crippen LogP contribution in [-0.4, -0.2) is 23.1 Å². The molecule has 1 aliphatic heterocycles. The van der Waals surface area contributed by atoms with Gasteiger partial charge in [0, 0.05) is 43.0 Å². The van der Waals surface area contributed by atoms with E-state index in [0.717, 1.165) is 35.7 Å². The van der Waals surface area contributed by atoms with Gasteiger partial charge in [0.15, 0.2) is 5.75 Å². The normalized spacial score (nSPS) is 13.7. The van der Waals surface area contributed by atoms with Gasteiger partial charge in [0.05, 0.1) is 13.3 Å². The van der Waals surface area contributed by atoms with E-state index >= 15 is 0 Å². The Labute approximate surface area is 179 Å². The zero-order valence-corrected chi connectivity index (χ0v) is 17.4. The summed E-state index contributed by atoms with van der Waals surface area (Å²) in [5, 5.41) is 0.417. The van der Waals surface area contributed by atoms with Crippen LogP contribution in [0.2, 0.25) is 5.02 Å². The standard InChI is InChI=1S/C23H22ClFN2O3/c1-29-20-6-2-16(3-7-20)15-30-23-14-27-9-8-26(13-19(27)11-22(23)28)12-17-4-5-18(25)10-21(17)24/h2-7,10-11,14H,8-9,12-13,15H2,1H3. The molecule has 30 heavy (non-hydrogen) atoms. The van der Waals surface area contributed by atoms with Gasteiger partial charge >= 0.3 is 0 Å². The molecule has 0 atom stereocenters. The molecule has 0 N–H and O–H groups in total. The third-order valence-electron chi connectivity index (χ3n) is 5.19. The van der Waals surface area contributed by atoms with Gasteiger partial charge in [0.1, 0.15) is 18.2 Å². The number of aromatic nitrogens is 1. The van der Waals surface area contributed by atoms with Crippen molar-refractivity contribution in [3.8, 4) is 11.5 Å². The summed E-state index contributed by atoms with van der Waals surface area (Å²) in [4.78, 5) is 14.7. The van der Waals surface area contributed by atoms with Crippen LogP contribution >= 0.6 is 11.6 Å². The number of hydrogen-bond donors (Lipinski definition) is 0. The average Bonchev–Trinajstić information content (AvgIpc) is 2.74. The number of benzene rings is 2. The maximum absolute atomic E-state index is 13.3. The van der Waals surface area contributed by atoms with Gasteiger partial charge in [-0.05, 0) is 35.4 Å². The molecule has 0 amide bonds. The van der Waals surface area contributed by atoms with E-state index in [1.165, 1.54) is 12.1 Å². The Balaban J connectivity index is 1.43. The largest absolute Gasteiger partial charge is 0.497 e. The topological polar surface area (TPSA) is 43.7 Å². The summed E-state index contributed by atoms with van der Waals surface area (Å²) in [6, 6.07) is 13.6. The first-order valence-corrected chi connectivity index (χ1v) is 10.0. The van der Waals surface area contributed by atoms with Crippen molar-refractivity contribution in [2.24, 2.45) is 0 Å². The summed E-state index contributed by atoms with van der Waals surface area (Å²) in [5.74, 6) is 0.769. The lowest BCUT2D eigenvalue weighted by Crippen LogP contribution is -2.35. The van der Waals surface area contributed by atoms with Crippen LogP contribution in [0, 0.1) is 5.82 Å². The van der Waals surface area contributed by atoms with Crippen LogP contribution < -0.4 is 14.9 Å². The summed E-state index contributed by atoms with van der Waals surface area (Å²) < 4.78 is 26.2. The van der Waals surface area contributed by atoms with Gasteiger partial charge in [-0.1, -0.05) is 29.8 Å². The van der Waals surface area contributed by atoms with Crippen molar-refractivity contribution >= 4 is 11.6 Å². The van der Waals surface area contributed by atoms with E-state index in [2.05, 4.69) is 4.90 Å². The van der Waals surface area contributed by atoms with E-state index in [1.807, 2.05) is 28.8 Å². The van der Waals surface area contributed by atoms with Crippen molar-refractivity contribution in [3.05, 3.63) is 92.6 Å². The first-order valence-electron chi connectivity index (χ1n) is 9.67. The van der Waals surface area contributed by atoms with Gasteiger partial charge in [-0.15, -0.1) is 0 Å². The third-order valence-corrected chi connectivity index (χ3v) is 5.54. The SMILES string of the molecule is COc1ccc(COc2cn3c(cc2=O)CN(Cc2ccc(F)cc2Cl)CC3)cc1. The molecule has 0 unspecified atom stereocenters. The number of halogens is 2. The van der Waals surface area contributed by atoms with E-state index in [9.17, 15) is 9.18 Å². The van der Waals surface area contributed by atoms with Gasteiger partial charge in [0.2, 0.25) is 5.43 Å². The zero-order valence-electron chi connectivity index (χ0n) is 16.6. The van der Waals surface area contributed by atoms with Crippen molar-refractivity contribution in [2.45, 2.75) is 26.2 Å². The first-order chi connectivity index (χ1) is 14.5. The molecule has 156 valence electrons. The van der Waals surface area contributed by atoms with Crippen molar-refractivity contribution in [1.29, 1.82) is 0 Å². The second-order valence-electron chi connectivity index (χ2n) is 7.27. The molecule has 1 aromatic heterocycles. The van der Waals surface area contributed by atoms with E-state index in [-0.39, 0.29) is 11.2 Å². The van der Waals surface area contributed by atoms with Gasteiger partial charge in [-0.25, -0.2) is 4.39 Å². The number of pyridine rings is 1. The lowest BCUT2D eigenvalue weighted by molar-refractivity contribution is 0.208. The molecule has 4 rings (SSSR count). The van der Waals surface area contributed by atoms with Crippen molar-refractivity contribution in [3.63, 3.8) is 0 Å². The minimum absolute atomic E-state index is 0.142. The predicted molar refractivity (Wildman–Crippen MR) is 114 cm³/mol. The Bertz CT molecular complexity index is 1100. The van der Waals surface area contributed by atoms with E-state index in [4.69, 9.17) is 21.1 Å². The highest BCUT2D eigenvalue weighted by Gasteiger charge is 2.18. The average molecular weight is 429 g/mol. The summed E-state index contributed by atoms with van der Waals surface area (Å²) >= 11 is 6.15. The first kappa shape index (κ1) is 20.4. The zero-order chi connectivity index (χ0) is 21.1. The van der Waals surface area contributed by atoms with Crippen LogP contribution in [0.3, 0.4) is 0 Å². The molecular formula is C23H22ClFN2O3. The smallest absolute Gasteiger partial charge is 0.223 e. The van der Waals surface area contributed by atoms with E-state index in [1.54, 1.807) is 25.4 Å². The molecule has 0 saturated heterocycles. The lowest BCUT2D eigenvalue weighted by atomic mass is 10.1. The number of rotatable bonds is 6. The summed E-state index contributed by atoms with van der Waals surface area (Å²) in [6.45, 7) is 3.05. The fourth-order valence-corrected chi connectivity index (χ4v) is 3.74. The molecule has 0 bridgehead atoms. The third kappa shape index (κ3) is 4.66. The van der Waals surface area contributed by atoms with Gasteiger partial charge in [0.25, 0.3) is 0 Å². The highest BCUT2D eigenvalue weighted by atomic mass is 35.5. The van der Waals surface area contributed by atoms with Crippen molar-refractivity contribution in [2.75, 3.05) is 13.7 Å². The van der Waals surface area contributed by atoms with E-state index in [0.29, 0.717) is 30.5 Å². The number of nitrogens with zero attached hydrogens (tertiary/aromatic N) is 2. The van der Waals surface area contributed by atoms with Crippen LogP contribution in [0.5, 0.6) is 11.5 Å². The van der Waals surface area contributed by atoms with Crippen LogP contribution in [0.15, 0.2) is 59.5 Å². The van der Waals surface area contributed by atoms with Crippen LogP contribution in [0.1, 0.15) is 16.8 Å². The molecule has 7 heteroatoms. The van der Waals surface area contributed by atoms with Crippen molar-refractivity contribution in [1.82, 2.24) is 9.47 Å². The number of methoxy groups -OCH3 is 1. The lowest BCUT2D eigenvalue weighted by Gasteiger charge is -2.30. The monoisotopic (exact) mass is 428 g/mol. The second-order valence-corrected chi connectivity index (χ2v) is 7.68. The van der Waals surface area contributed by atoms with E-state index < -0.39 is 0 Å².